The van der Waals surface area contributed by atoms with Crippen molar-refractivity contribution in [3.63, 3.8) is 0 Å². The van der Waals surface area contributed by atoms with Crippen LogP contribution >= 0.6 is 11.3 Å². The molecule has 0 spiro atoms. The van der Waals surface area contributed by atoms with Crippen molar-refractivity contribution < 1.29 is 4.74 Å². The second-order valence-corrected chi connectivity index (χ2v) is 9.00. The zero-order valence-electron chi connectivity index (χ0n) is 18.1. The molecule has 0 saturated carbocycles. The minimum Gasteiger partial charge on any atom is -0.496 e. The molecule has 2 aromatic carbocycles. The number of nitrogens with one attached hydrogen (secondary N) is 2. The Morgan fingerprint density at radius 2 is 1.90 bits per heavy atom. The summed E-state index contributed by atoms with van der Waals surface area (Å²) in [5.41, 5.74) is 5.29. The molecule has 0 aliphatic carbocycles. The molecule has 0 bridgehead atoms. The van der Waals surface area contributed by atoms with Crippen molar-refractivity contribution in [3.05, 3.63) is 63.3 Å². The SMILES string of the molecule is CNCC(C)C(C)c1ccc(-c2c(OC)cc(C)c3[nH]c(=O)c4sccc4c23)cc1. The van der Waals surface area contributed by atoms with E-state index in [9.17, 15) is 4.79 Å². The number of aromatic amines is 1. The van der Waals surface area contributed by atoms with E-state index in [1.165, 1.54) is 16.9 Å². The molecule has 0 radical (unpaired) electrons. The number of hydrogen-bond acceptors (Lipinski definition) is 4. The average molecular weight is 421 g/mol. The summed E-state index contributed by atoms with van der Waals surface area (Å²) in [6.45, 7) is 7.55. The highest BCUT2D eigenvalue weighted by Gasteiger charge is 2.19. The molecule has 4 nitrogen and oxygen atoms in total. The van der Waals surface area contributed by atoms with Gasteiger partial charge in [-0.2, -0.15) is 0 Å². The van der Waals surface area contributed by atoms with Crippen LogP contribution in [0.5, 0.6) is 5.75 Å². The summed E-state index contributed by atoms with van der Waals surface area (Å²) in [7, 11) is 3.70. The van der Waals surface area contributed by atoms with E-state index in [1.807, 2.05) is 31.5 Å². The summed E-state index contributed by atoms with van der Waals surface area (Å²) in [5, 5.41) is 7.28. The van der Waals surface area contributed by atoms with E-state index < -0.39 is 0 Å². The van der Waals surface area contributed by atoms with Gasteiger partial charge in [0.2, 0.25) is 0 Å². The Morgan fingerprint density at radius 1 is 1.17 bits per heavy atom. The van der Waals surface area contributed by atoms with Crippen LogP contribution in [0.2, 0.25) is 0 Å². The van der Waals surface area contributed by atoms with E-state index in [0.29, 0.717) is 11.8 Å². The van der Waals surface area contributed by atoms with Crippen LogP contribution in [0.15, 0.2) is 46.6 Å². The summed E-state index contributed by atoms with van der Waals surface area (Å²) in [5.74, 6) is 1.83. The van der Waals surface area contributed by atoms with Crippen LogP contribution in [0.25, 0.3) is 32.1 Å². The van der Waals surface area contributed by atoms with Gasteiger partial charge in [-0.3, -0.25) is 4.79 Å². The fraction of sp³-hybridized carbons (Fsp3) is 0.320. The number of benzene rings is 2. The topological polar surface area (TPSA) is 54.1 Å². The maximum atomic E-state index is 12.6. The van der Waals surface area contributed by atoms with Crippen molar-refractivity contribution in [3.8, 4) is 16.9 Å². The summed E-state index contributed by atoms with van der Waals surface area (Å²) in [6.07, 6.45) is 0. The molecule has 4 rings (SSSR count). The van der Waals surface area contributed by atoms with Crippen LogP contribution in [0.3, 0.4) is 0 Å². The largest absolute Gasteiger partial charge is 0.496 e. The molecule has 2 N–H and O–H groups in total. The van der Waals surface area contributed by atoms with Crippen LogP contribution in [-0.2, 0) is 0 Å². The number of pyridine rings is 1. The Labute approximate surface area is 180 Å². The number of fused-ring (bicyclic) bond motifs is 3. The monoisotopic (exact) mass is 420 g/mol. The normalized spacial score (nSPS) is 13.6. The predicted molar refractivity (Wildman–Crippen MR) is 128 cm³/mol. The third-order valence-corrected chi connectivity index (χ3v) is 7.11. The Hall–Kier alpha value is -2.63. The Bertz CT molecular complexity index is 1250. The van der Waals surface area contributed by atoms with Gasteiger partial charge >= 0.3 is 0 Å². The third-order valence-electron chi connectivity index (χ3n) is 6.19. The van der Waals surface area contributed by atoms with Crippen molar-refractivity contribution >= 4 is 32.3 Å². The van der Waals surface area contributed by atoms with Gasteiger partial charge in [0.15, 0.2) is 0 Å². The summed E-state index contributed by atoms with van der Waals surface area (Å²) < 4.78 is 6.55. The molecule has 2 aromatic heterocycles. The van der Waals surface area contributed by atoms with Crippen molar-refractivity contribution in [2.75, 3.05) is 20.7 Å². The van der Waals surface area contributed by atoms with Crippen molar-refractivity contribution in [1.29, 1.82) is 0 Å². The number of methoxy groups -OCH3 is 1. The van der Waals surface area contributed by atoms with Gasteiger partial charge in [0.05, 0.1) is 12.6 Å². The molecular formula is C25H28N2O2S. The van der Waals surface area contributed by atoms with Gasteiger partial charge in [0, 0.05) is 16.3 Å². The van der Waals surface area contributed by atoms with E-state index in [4.69, 9.17) is 4.74 Å². The second-order valence-electron chi connectivity index (χ2n) is 8.08. The molecule has 30 heavy (non-hydrogen) atoms. The molecule has 2 atom stereocenters. The number of H-pyrrole nitrogens is 1. The maximum absolute atomic E-state index is 12.6. The number of aromatic nitrogens is 1. The first kappa shape index (κ1) is 20.6. The number of rotatable bonds is 6. The van der Waals surface area contributed by atoms with Crippen LogP contribution in [0, 0.1) is 12.8 Å². The lowest BCUT2D eigenvalue weighted by Crippen LogP contribution is -2.20. The van der Waals surface area contributed by atoms with Crippen LogP contribution in [-0.4, -0.2) is 25.7 Å². The summed E-state index contributed by atoms with van der Waals surface area (Å²) in [4.78, 5) is 15.7. The van der Waals surface area contributed by atoms with E-state index >= 15 is 0 Å². The second kappa shape index (κ2) is 8.25. The first-order chi connectivity index (χ1) is 14.5. The highest BCUT2D eigenvalue weighted by molar-refractivity contribution is 7.17. The average Bonchev–Trinajstić information content (AvgIpc) is 3.25. The van der Waals surface area contributed by atoms with Gasteiger partial charge in [0.1, 0.15) is 10.4 Å². The Balaban J connectivity index is 1.93. The number of ether oxygens (including phenoxy) is 1. The standard InChI is InChI=1S/C25H28N2O2S/c1-14-12-20(29-5)21(22-19-10-11-30-24(19)25(28)27-23(14)22)18-8-6-17(7-9-18)16(3)15(2)13-26-4/h6-12,15-16,26H,13H2,1-5H3,(H,27,28). The lowest BCUT2D eigenvalue weighted by molar-refractivity contribution is 0.416. The molecule has 5 heteroatoms. The van der Waals surface area contributed by atoms with Gasteiger partial charge in [0.25, 0.3) is 5.56 Å². The summed E-state index contributed by atoms with van der Waals surface area (Å²) >= 11 is 1.48. The lowest BCUT2D eigenvalue weighted by atomic mass is 9.87. The molecule has 156 valence electrons. The van der Waals surface area contributed by atoms with E-state index in [2.05, 4.69) is 48.4 Å². The van der Waals surface area contributed by atoms with Gasteiger partial charge in [-0.25, -0.2) is 0 Å². The molecule has 2 heterocycles. The zero-order chi connectivity index (χ0) is 21.4. The van der Waals surface area contributed by atoms with Gasteiger partial charge in [-0.05, 0) is 66.6 Å². The minimum atomic E-state index is -0.0330. The highest BCUT2D eigenvalue weighted by Crippen LogP contribution is 2.42. The smallest absolute Gasteiger partial charge is 0.266 e. The zero-order valence-corrected chi connectivity index (χ0v) is 18.9. The van der Waals surface area contributed by atoms with E-state index in [-0.39, 0.29) is 5.56 Å². The fourth-order valence-electron chi connectivity index (χ4n) is 4.30. The molecule has 0 aliphatic heterocycles. The van der Waals surface area contributed by atoms with Crippen LogP contribution in [0.4, 0.5) is 0 Å². The predicted octanol–water partition coefficient (Wildman–Crippen LogP) is 5.69. The number of thiophene rings is 1. The highest BCUT2D eigenvalue weighted by atomic mass is 32.1. The Kier molecular flexibility index (Phi) is 5.67. The molecular weight excluding hydrogens is 392 g/mol. The van der Waals surface area contributed by atoms with Crippen LogP contribution < -0.4 is 15.6 Å². The lowest BCUT2D eigenvalue weighted by Gasteiger charge is -2.21. The van der Waals surface area contributed by atoms with Gasteiger partial charge in [-0.15, -0.1) is 11.3 Å². The van der Waals surface area contributed by atoms with Crippen molar-refractivity contribution in [2.45, 2.75) is 26.7 Å². The quantitative estimate of drug-likeness (QED) is 0.422. The van der Waals surface area contributed by atoms with E-state index in [0.717, 1.165) is 50.0 Å². The molecule has 0 aliphatic rings. The summed E-state index contributed by atoms with van der Waals surface area (Å²) in [6, 6.07) is 12.8. The van der Waals surface area contributed by atoms with Crippen molar-refractivity contribution in [1.82, 2.24) is 10.3 Å². The maximum Gasteiger partial charge on any atom is 0.266 e. The first-order valence-corrected chi connectivity index (χ1v) is 11.2. The fourth-order valence-corrected chi connectivity index (χ4v) is 5.09. The molecule has 2 unspecified atom stereocenters. The minimum absolute atomic E-state index is 0.0330. The van der Waals surface area contributed by atoms with Crippen molar-refractivity contribution in [2.24, 2.45) is 5.92 Å². The molecule has 0 fully saturated rings. The van der Waals surface area contributed by atoms with Gasteiger partial charge in [-0.1, -0.05) is 38.1 Å². The first-order valence-electron chi connectivity index (χ1n) is 10.3. The molecule has 0 amide bonds. The number of hydrogen-bond donors (Lipinski definition) is 2. The number of aryl methyl sites for hydroxylation is 1. The molecule has 4 aromatic rings. The van der Waals surface area contributed by atoms with Gasteiger partial charge < -0.3 is 15.0 Å². The molecule has 0 saturated heterocycles. The van der Waals surface area contributed by atoms with Crippen LogP contribution in [0.1, 0.15) is 30.9 Å². The van der Waals surface area contributed by atoms with E-state index in [1.54, 1.807) is 7.11 Å². The third kappa shape index (κ3) is 3.42. The Morgan fingerprint density at radius 3 is 2.57 bits per heavy atom.